The van der Waals surface area contributed by atoms with Crippen LogP contribution >= 0.6 is 0 Å². The molecule has 1 amide bonds. The maximum atomic E-state index is 13.1. The van der Waals surface area contributed by atoms with E-state index in [0.29, 0.717) is 17.2 Å². The van der Waals surface area contributed by atoms with E-state index in [-0.39, 0.29) is 5.91 Å². The number of aromatic nitrogens is 4. The minimum Gasteiger partial charge on any atom is -0.324 e. The lowest BCUT2D eigenvalue weighted by Crippen LogP contribution is -2.43. The van der Waals surface area contributed by atoms with Gasteiger partial charge in [0.15, 0.2) is 0 Å². The van der Waals surface area contributed by atoms with Crippen LogP contribution in [-0.2, 0) is 6.54 Å². The van der Waals surface area contributed by atoms with Gasteiger partial charge in [-0.1, -0.05) is 24.3 Å². The van der Waals surface area contributed by atoms with Gasteiger partial charge in [0.25, 0.3) is 5.91 Å². The maximum absolute atomic E-state index is 13.1. The first-order valence-electron chi connectivity index (χ1n) is 14.4. The molecule has 9 nitrogen and oxygen atoms in total. The Kier molecular flexibility index (Phi) is 8.44. The van der Waals surface area contributed by atoms with E-state index in [1.807, 2.05) is 86.0 Å². The number of benzene rings is 2. The van der Waals surface area contributed by atoms with Crippen molar-refractivity contribution in [3.05, 3.63) is 114 Å². The first-order chi connectivity index (χ1) is 21.0. The molecule has 0 bridgehead atoms. The molecular formula is C34H34N8O. The number of likely N-dealkylation sites (N-methyl/N-ethyl adjacent to an activating group) is 1. The maximum Gasteiger partial charge on any atom is 0.255 e. The third kappa shape index (κ3) is 7.09. The number of pyridine rings is 2. The van der Waals surface area contributed by atoms with Gasteiger partial charge in [0.1, 0.15) is 0 Å². The normalized spacial score (nSPS) is 13.9. The Morgan fingerprint density at radius 1 is 0.837 bits per heavy atom. The van der Waals surface area contributed by atoms with Crippen LogP contribution in [0.4, 0.5) is 17.3 Å². The smallest absolute Gasteiger partial charge is 0.255 e. The molecule has 5 aromatic rings. The molecule has 3 aromatic heterocycles. The summed E-state index contributed by atoms with van der Waals surface area (Å²) in [4.78, 5) is 35.6. The van der Waals surface area contributed by atoms with Crippen LogP contribution in [0, 0.1) is 6.92 Å². The van der Waals surface area contributed by atoms with Crippen LogP contribution < -0.4 is 10.6 Å². The molecule has 1 aliphatic heterocycles. The largest absolute Gasteiger partial charge is 0.324 e. The summed E-state index contributed by atoms with van der Waals surface area (Å²) < 4.78 is 0. The predicted molar refractivity (Wildman–Crippen MR) is 170 cm³/mol. The van der Waals surface area contributed by atoms with Crippen LogP contribution in [0.25, 0.3) is 22.4 Å². The van der Waals surface area contributed by atoms with Crippen LogP contribution in [-0.4, -0.2) is 68.9 Å². The highest BCUT2D eigenvalue weighted by Crippen LogP contribution is 2.27. The Labute approximate surface area is 251 Å². The average molecular weight is 571 g/mol. The summed E-state index contributed by atoms with van der Waals surface area (Å²) in [5.74, 6) is 0.298. The summed E-state index contributed by atoms with van der Waals surface area (Å²) in [6, 6.07) is 21.4. The van der Waals surface area contributed by atoms with Gasteiger partial charge in [-0.2, -0.15) is 0 Å². The highest BCUT2D eigenvalue weighted by molar-refractivity contribution is 6.04. The number of hydrogen-bond acceptors (Lipinski definition) is 8. The van der Waals surface area contributed by atoms with Crippen LogP contribution in [0.15, 0.2) is 97.7 Å². The minimum absolute atomic E-state index is 0.153. The summed E-state index contributed by atoms with van der Waals surface area (Å²) in [7, 11) is 2.16. The van der Waals surface area contributed by atoms with Gasteiger partial charge >= 0.3 is 0 Å². The van der Waals surface area contributed by atoms with E-state index in [4.69, 9.17) is 4.98 Å². The van der Waals surface area contributed by atoms with Gasteiger partial charge in [0, 0.05) is 97.3 Å². The van der Waals surface area contributed by atoms with Gasteiger partial charge < -0.3 is 15.5 Å². The van der Waals surface area contributed by atoms with Crippen LogP contribution in [0.3, 0.4) is 0 Å². The third-order valence-corrected chi connectivity index (χ3v) is 7.64. The molecule has 0 unspecified atom stereocenters. The van der Waals surface area contributed by atoms with Gasteiger partial charge in [-0.25, -0.2) is 9.97 Å². The molecule has 2 aromatic carbocycles. The second-order valence-electron chi connectivity index (χ2n) is 10.9. The van der Waals surface area contributed by atoms with Crippen molar-refractivity contribution in [2.75, 3.05) is 43.9 Å². The first-order valence-corrected chi connectivity index (χ1v) is 14.4. The predicted octanol–water partition coefficient (Wildman–Crippen LogP) is 5.65. The molecule has 0 saturated carbocycles. The topological polar surface area (TPSA) is 99.2 Å². The fraction of sp³-hybridized carbons (Fsp3) is 0.206. The van der Waals surface area contributed by atoms with Gasteiger partial charge in [-0.05, 0) is 67.6 Å². The SMILES string of the molecule is Cc1ccc(NC(=O)c2ccc(CN3CCN(C)CC3)cc2)cc1Nc1nccc(-c2cncc(-c3cccnc3)c2)n1. The lowest BCUT2D eigenvalue weighted by molar-refractivity contribution is 0.102. The first kappa shape index (κ1) is 28.1. The third-order valence-electron chi connectivity index (χ3n) is 7.64. The molecule has 4 heterocycles. The molecular weight excluding hydrogens is 536 g/mol. The van der Waals surface area contributed by atoms with Gasteiger partial charge in [0.05, 0.1) is 5.69 Å². The van der Waals surface area contributed by atoms with E-state index in [1.165, 1.54) is 5.56 Å². The number of rotatable bonds is 8. The number of carbonyl (C=O) groups is 1. The van der Waals surface area contributed by atoms with E-state index in [9.17, 15) is 4.79 Å². The van der Waals surface area contributed by atoms with E-state index < -0.39 is 0 Å². The zero-order chi connectivity index (χ0) is 29.6. The van der Waals surface area contributed by atoms with Crippen LogP contribution in [0.5, 0.6) is 0 Å². The molecule has 9 heteroatoms. The Bertz CT molecular complexity index is 1700. The zero-order valence-electron chi connectivity index (χ0n) is 24.4. The quantitative estimate of drug-likeness (QED) is 0.247. The van der Waals surface area contributed by atoms with Crippen molar-refractivity contribution >= 4 is 23.2 Å². The number of hydrogen-bond donors (Lipinski definition) is 2. The summed E-state index contributed by atoms with van der Waals surface area (Å²) >= 11 is 0. The van der Waals surface area contributed by atoms with E-state index in [2.05, 4.69) is 42.4 Å². The summed E-state index contributed by atoms with van der Waals surface area (Å²) in [5.41, 5.74) is 7.89. The number of aryl methyl sites for hydroxylation is 1. The molecule has 0 radical (unpaired) electrons. The van der Waals surface area contributed by atoms with Crippen molar-refractivity contribution in [1.29, 1.82) is 0 Å². The Morgan fingerprint density at radius 2 is 1.63 bits per heavy atom. The molecule has 2 N–H and O–H groups in total. The molecule has 1 fully saturated rings. The lowest BCUT2D eigenvalue weighted by atomic mass is 10.1. The van der Waals surface area contributed by atoms with Gasteiger partial charge in [-0.15, -0.1) is 0 Å². The van der Waals surface area contributed by atoms with E-state index in [0.717, 1.165) is 66.4 Å². The number of nitrogens with one attached hydrogen (secondary N) is 2. The van der Waals surface area contributed by atoms with Crippen LogP contribution in [0.1, 0.15) is 21.5 Å². The fourth-order valence-corrected chi connectivity index (χ4v) is 5.03. The monoisotopic (exact) mass is 570 g/mol. The second-order valence-corrected chi connectivity index (χ2v) is 10.9. The van der Waals surface area contributed by atoms with Crippen molar-refractivity contribution in [1.82, 2.24) is 29.7 Å². The molecule has 0 aliphatic carbocycles. The Balaban J connectivity index is 1.12. The van der Waals surface area contributed by atoms with Gasteiger partial charge in [-0.3, -0.25) is 19.7 Å². The number of anilines is 3. The Morgan fingerprint density at radius 3 is 2.42 bits per heavy atom. The summed E-state index contributed by atoms with van der Waals surface area (Å²) in [6.45, 7) is 7.20. The summed E-state index contributed by atoms with van der Waals surface area (Å²) in [5, 5.41) is 6.35. The van der Waals surface area contributed by atoms with E-state index in [1.54, 1.807) is 18.6 Å². The number of piperazine rings is 1. The number of carbonyl (C=O) groups excluding carboxylic acids is 1. The van der Waals surface area contributed by atoms with Gasteiger partial charge in [0.2, 0.25) is 5.95 Å². The molecule has 216 valence electrons. The van der Waals surface area contributed by atoms with Crippen molar-refractivity contribution in [2.45, 2.75) is 13.5 Å². The highest BCUT2D eigenvalue weighted by atomic mass is 16.1. The molecule has 1 aliphatic rings. The second kappa shape index (κ2) is 12.9. The molecule has 0 atom stereocenters. The van der Waals surface area contributed by atoms with Crippen molar-refractivity contribution in [3.8, 4) is 22.4 Å². The van der Waals surface area contributed by atoms with E-state index >= 15 is 0 Å². The minimum atomic E-state index is -0.153. The Hall–Kier alpha value is -4.99. The standard InChI is InChI=1S/C34H34N8O/c1-24-5-10-30(38-33(43)26-8-6-25(7-9-26)23-42-16-14-41(2)15-17-42)19-32(24)40-34-37-13-11-31(39-34)29-18-28(21-36-22-29)27-4-3-12-35-20-27/h3-13,18-22H,14-17,23H2,1-2H3,(H,38,43)(H,37,39,40). The number of amides is 1. The highest BCUT2D eigenvalue weighted by Gasteiger charge is 2.15. The molecule has 0 spiro atoms. The van der Waals surface area contributed by atoms with Crippen LogP contribution in [0.2, 0.25) is 0 Å². The zero-order valence-corrected chi connectivity index (χ0v) is 24.4. The van der Waals surface area contributed by atoms with Crippen molar-refractivity contribution < 1.29 is 4.79 Å². The number of nitrogens with zero attached hydrogens (tertiary/aromatic N) is 6. The summed E-state index contributed by atoms with van der Waals surface area (Å²) in [6.07, 6.45) is 8.88. The fourth-order valence-electron chi connectivity index (χ4n) is 5.03. The molecule has 1 saturated heterocycles. The lowest BCUT2D eigenvalue weighted by Gasteiger charge is -2.32. The van der Waals surface area contributed by atoms with Crippen molar-refractivity contribution in [2.24, 2.45) is 0 Å². The van der Waals surface area contributed by atoms with Crippen molar-refractivity contribution in [3.63, 3.8) is 0 Å². The molecule has 6 rings (SSSR count). The molecule has 43 heavy (non-hydrogen) atoms. The average Bonchev–Trinajstić information content (AvgIpc) is 3.05.